The first-order chi connectivity index (χ1) is 20.5. The molecule has 0 radical (unpaired) electrons. The van der Waals surface area contributed by atoms with Crippen molar-refractivity contribution in [3.63, 3.8) is 0 Å². The molecule has 0 aromatic carbocycles. The first-order valence-electron chi connectivity index (χ1n) is 18.1. The van der Waals surface area contributed by atoms with Gasteiger partial charge in [-0.2, -0.15) is 0 Å². The fraction of sp³-hybridized carbons (Fsp3) is 0.889. The van der Waals surface area contributed by atoms with Crippen molar-refractivity contribution in [1.82, 2.24) is 0 Å². The Morgan fingerprint density at radius 2 is 0.581 bits per heavy atom. The van der Waals surface area contributed by atoms with Crippen LogP contribution in [0.5, 0.6) is 0 Å². The zero-order valence-corrected chi connectivity index (χ0v) is 31.3. The van der Waals surface area contributed by atoms with Crippen LogP contribution in [0.4, 0.5) is 0 Å². The van der Waals surface area contributed by atoms with Crippen LogP contribution >= 0.6 is 16.1 Å². The minimum absolute atomic E-state index is 0. The normalized spacial score (nSPS) is 11.9. The number of unbranched alkanes of at least 4 members (excludes halogenated alkanes) is 24. The summed E-state index contributed by atoms with van der Waals surface area (Å²) in [6.45, 7) is 4.52. The SMILES string of the molecule is CCCCCCCCC=CCCCCCCCC[P+](=O)[O-].CCCCCCCCC=CCCCCCCCC[P+](=O)[O-].[Fe+2]. The van der Waals surface area contributed by atoms with Crippen molar-refractivity contribution >= 4 is 16.1 Å². The van der Waals surface area contributed by atoms with E-state index in [0.29, 0.717) is 12.3 Å². The van der Waals surface area contributed by atoms with E-state index < -0.39 is 16.1 Å². The largest absolute Gasteiger partial charge is 2.00 e. The molecule has 0 aliphatic carbocycles. The fourth-order valence-corrected chi connectivity index (χ4v) is 5.94. The fourth-order valence-electron chi connectivity index (χ4n) is 4.98. The monoisotopic (exact) mass is 684 g/mol. The molecule has 254 valence electrons. The van der Waals surface area contributed by atoms with E-state index in [1.165, 1.54) is 154 Å². The van der Waals surface area contributed by atoms with Crippen LogP contribution < -0.4 is 9.79 Å². The van der Waals surface area contributed by atoms with Gasteiger partial charge in [0, 0.05) is 0 Å². The molecule has 0 aromatic rings. The van der Waals surface area contributed by atoms with Crippen LogP contribution in [0.1, 0.15) is 194 Å². The Morgan fingerprint density at radius 3 is 0.814 bits per heavy atom. The molecule has 0 spiro atoms. The van der Waals surface area contributed by atoms with E-state index in [9.17, 15) is 18.9 Å². The van der Waals surface area contributed by atoms with E-state index >= 15 is 0 Å². The van der Waals surface area contributed by atoms with Gasteiger partial charge in [-0.3, -0.25) is 0 Å². The molecule has 0 N–H and O–H groups in total. The predicted octanol–water partition coefficient (Wildman–Crippen LogP) is 12.3. The molecular formula is C36H70FeO4P2+2. The molecule has 4 nitrogen and oxygen atoms in total. The third-order valence-electron chi connectivity index (χ3n) is 7.70. The minimum Gasteiger partial charge on any atom is -0.596 e. The van der Waals surface area contributed by atoms with Crippen molar-refractivity contribution < 1.29 is 36.0 Å². The van der Waals surface area contributed by atoms with Crippen molar-refractivity contribution in [1.29, 1.82) is 0 Å². The summed E-state index contributed by atoms with van der Waals surface area (Å²) in [6, 6.07) is 0. The van der Waals surface area contributed by atoms with E-state index in [1.54, 1.807) is 0 Å². The van der Waals surface area contributed by atoms with Gasteiger partial charge in [0.2, 0.25) is 0 Å². The van der Waals surface area contributed by atoms with Gasteiger partial charge < -0.3 is 9.79 Å². The Labute approximate surface area is 281 Å². The summed E-state index contributed by atoms with van der Waals surface area (Å²) < 4.78 is 20.8. The van der Waals surface area contributed by atoms with E-state index in [2.05, 4.69) is 38.2 Å². The maximum absolute atomic E-state index is 10.4. The molecule has 0 rings (SSSR count). The van der Waals surface area contributed by atoms with Crippen LogP contribution in [0.2, 0.25) is 0 Å². The standard InChI is InChI=1S/2C18H35O2P.Fe/c2*1-2-3-4-5-6-7-8-9-10-11-12-13-14-15-16-17-18-21(19)20;/h2*9-10H,2-8,11-18H2,1H3;/q;;+2. The molecule has 2 unspecified atom stereocenters. The van der Waals surface area contributed by atoms with Gasteiger partial charge in [-0.15, -0.1) is 0 Å². The Morgan fingerprint density at radius 1 is 0.372 bits per heavy atom. The quantitative estimate of drug-likeness (QED) is 0.0306. The van der Waals surface area contributed by atoms with E-state index in [1.807, 2.05) is 0 Å². The Bertz CT molecular complexity index is 562. The summed E-state index contributed by atoms with van der Waals surface area (Å²) in [4.78, 5) is 20.8. The van der Waals surface area contributed by atoms with Crippen molar-refractivity contribution in [3.05, 3.63) is 24.3 Å². The maximum Gasteiger partial charge on any atom is 2.00 e. The predicted molar refractivity (Wildman–Crippen MR) is 184 cm³/mol. The number of hydrogen-bond acceptors (Lipinski definition) is 4. The average Bonchev–Trinajstić information content (AvgIpc) is 2.97. The van der Waals surface area contributed by atoms with Crippen LogP contribution in [0.15, 0.2) is 24.3 Å². The first-order valence-corrected chi connectivity index (χ1v) is 20.8. The van der Waals surface area contributed by atoms with Crippen LogP contribution in [0.3, 0.4) is 0 Å². The Hall–Kier alpha value is 0.119. The Kier molecular flexibility index (Phi) is 48.9. The molecular weight excluding hydrogens is 614 g/mol. The van der Waals surface area contributed by atoms with Gasteiger partial charge in [-0.25, -0.2) is 0 Å². The summed E-state index contributed by atoms with van der Waals surface area (Å²) in [5, 5.41) is 0. The van der Waals surface area contributed by atoms with Gasteiger partial charge in [0.1, 0.15) is 12.3 Å². The van der Waals surface area contributed by atoms with E-state index in [0.717, 1.165) is 25.7 Å². The molecule has 7 heteroatoms. The molecule has 0 aromatic heterocycles. The second kappa shape index (κ2) is 44.2. The molecule has 0 bridgehead atoms. The molecule has 43 heavy (non-hydrogen) atoms. The molecule has 0 saturated heterocycles. The van der Waals surface area contributed by atoms with Crippen molar-refractivity contribution in [2.75, 3.05) is 12.3 Å². The Balaban J connectivity index is -0.000000727. The van der Waals surface area contributed by atoms with E-state index in [-0.39, 0.29) is 17.1 Å². The van der Waals surface area contributed by atoms with Crippen molar-refractivity contribution in [3.8, 4) is 0 Å². The number of hydrogen-bond donors (Lipinski definition) is 0. The van der Waals surface area contributed by atoms with Gasteiger partial charge in [0.25, 0.3) is 0 Å². The zero-order chi connectivity index (χ0) is 31.2. The second-order valence-corrected chi connectivity index (χ2v) is 14.2. The molecule has 0 saturated carbocycles. The number of allylic oxidation sites excluding steroid dienone is 4. The van der Waals surface area contributed by atoms with Crippen LogP contribution in [0, 0.1) is 0 Å². The van der Waals surface area contributed by atoms with Gasteiger partial charge in [0.05, 0.1) is 0 Å². The minimum atomic E-state index is -2.15. The molecule has 0 fully saturated rings. The maximum atomic E-state index is 10.4. The summed E-state index contributed by atoms with van der Waals surface area (Å²) >= 11 is 0. The first kappa shape index (κ1) is 47.5. The molecule has 0 aliphatic rings. The van der Waals surface area contributed by atoms with Gasteiger partial charge in [-0.05, 0) is 77.0 Å². The van der Waals surface area contributed by atoms with E-state index in [4.69, 9.17) is 0 Å². The average molecular weight is 685 g/mol. The third kappa shape index (κ3) is 52.0. The zero-order valence-electron chi connectivity index (χ0n) is 28.4. The van der Waals surface area contributed by atoms with Gasteiger partial charge >= 0.3 is 33.1 Å². The summed E-state index contributed by atoms with van der Waals surface area (Å²) in [6.07, 6.45) is 45.4. The molecule has 0 amide bonds. The second-order valence-electron chi connectivity index (χ2n) is 12.0. The smallest absolute Gasteiger partial charge is 0.596 e. The third-order valence-corrected chi connectivity index (χ3v) is 9.07. The van der Waals surface area contributed by atoms with Gasteiger partial charge in [-0.1, -0.05) is 150 Å². The molecule has 0 heterocycles. The molecule has 2 atom stereocenters. The number of rotatable bonds is 32. The topological polar surface area (TPSA) is 80.3 Å². The van der Waals surface area contributed by atoms with Crippen LogP contribution in [-0.2, 0) is 26.2 Å². The summed E-state index contributed by atoms with van der Waals surface area (Å²) in [5.41, 5.74) is 0. The molecule has 0 aliphatic heterocycles. The van der Waals surface area contributed by atoms with Crippen LogP contribution in [-0.4, -0.2) is 12.3 Å². The summed E-state index contributed by atoms with van der Waals surface area (Å²) in [5.74, 6) is 0. The van der Waals surface area contributed by atoms with Crippen molar-refractivity contribution in [2.45, 2.75) is 194 Å². The van der Waals surface area contributed by atoms with Crippen LogP contribution in [0.25, 0.3) is 0 Å². The van der Waals surface area contributed by atoms with Crippen molar-refractivity contribution in [2.24, 2.45) is 0 Å². The summed E-state index contributed by atoms with van der Waals surface area (Å²) in [7, 11) is -4.30. The van der Waals surface area contributed by atoms with Gasteiger partial charge in [0.15, 0.2) is 0 Å².